The minimum Gasteiger partial charge on any atom is -0.335 e. The minimum absolute atomic E-state index is 0.00843. The second kappa shape index (κ2) is 9.63. The molecule has 0 saturated carbocycles. The molecule has 14 heteroatoms. The highest BCUT2D eigenvalue weighted by Crippen LogP contribution is 2.39. The van der Waals surface area contributed by atoms with Gasteiger partial charge >= 0.3 is 12.4 Å². The fourth-order valence-corrected chi connectivity index (χ4v) is 3.57. The highest BCUT2D eigenvalue weighted by atomic mass is 35.5. The van der Waals surface area contributed by atoms with Gasteiger partial charge in [-0.25, -0.2) is 0 Å². The molecule has 1 aliphatic heterocycles. The zero-order valence-corrected chi connectivity index (χ0v) is 18.3. The van der Waals surface area contributed by atoms with E-state index in [9.17, 15) is 35.9 Å². The van der Waals surface area contributed by atoms with E-state index in [0.29, 0.717) is 16.7 Å². The Balaban J connectivity index is 1.87. The van der Waals surface area contributed by atoms with Gasteiger partial charge in [-0.3, -0.25) is 9.59 Å². The van der Waals surface area contributed by atoms with Gasteiger partial charge in [0.25, 0.3) is 5.91 Å². The van der Waals surface area contributed by atoms with Crippen LogP contribution < -0.4 is 15.5 Å². The van der Waals surface area contributed by atoms with Gasteiger partial charge in [-0.1, -0.05) is 11.6 Å². The maximum Gasteiger partial charge on any atom is 0.433 e. The van der Waals surface area contributed by atoms with Crippen LogP contribution in [0, 0.1) is 11.3 Å². The van der Waals surface area contributed by atoms with Crippen LogP contribution in [0.1, 0.15) is 18.1 Å². The normalized spacial score (nSPS) is 18.2. The van der Waals surface area contributed by atoms with Crippen molar-refractivity contribution in [2.75, 3.05) is 22.1 Å². The van der Waals surface area contributed by atoms with E-state index in [0.717, 1.165) is 12.1 Å². The van der Waals surface area contributed by atoms with Gasteiger partial charge in [-0.15, -0.1) is 0 Å². The molecule has 2 aromatic rings. The van der Waals surface area contributed by atoms with Crippen molar-refractivity contribution in [3.63, 3.8) is 0 Å². The van der Waals surface area contributed by atoms with Crippen LogP contribution in [0.2, 0.25) is 5.02 Å². The lowest BCUT2D eigenvalue weighted by Crippen LogP contribution is -2.42. The quantitative estimate of drug-likeness (QED) is 0.558. The van der Waals surface area contributed by atoms with E-state index in [-0.39, 0.29) is 16.6 Å². The summed E-state index contributed by atoms with van der Waals surface area (Å²) in [6, 6.07) is 7.39. The number of carbonyl (C=O) groups excluding carboxylic acids is 2. The molecule has 2 N–H and O–H groups in total. The predicted octanol–water partition coefficient (Wildman–Crippen LogP) is 4.92. The van der Waals surface area contributed by atoms with Crippen LogP contribution in [0.3, 0.4) is 0 Å². The topological polar surface area (TPSA) is 94.5 Å². The van der Waals surface area contributed by atoms with Crippen molar-refractivity contribution in [2.45, 2.75) is 31.6 Å². The summed E-state index contributed by atoms with van der Waals surface area (Å²) in [6.45, 7) is 0.524. The first-order valence-corrected chi connectivity index (χ1v) is 10.1. The fraction of sp³-hybridized carbons (Fsp3) is 0.286. The summed E-state index contributed by atoms with van der Waals surface area (Å²) in [5.74, 6) is -1.41. The van der Waals surface area contributed by atoms with E-state index in [1.54, 1.807) is 0 Å². The van der Waals surface area contributed by atoms with Gasteiger partial charge in [-0.05, 0) is 36.4 Å². The largest absolute Gasteiger partial charge is 0.433 e. The van der Waals surface area contributed by atoms with Crippen LogP contribution in [0.15, 0.2) is 36.4 Å². The number of nitrogens with zero attached hydrogens (tertiary/aromatic N) is 2. The molecule has 7 nitrogen and oxygen atoms in total. The van der Waals surface area contributed by atoms with Crippen molar-refractivity contribution in [1.82, 2.24) is 0 Å². The smallest absolute Gasteiger partial charge is 0.335 e. The van der Waals surface area contributed by atoms with Gasteiger partial charge < -0.3 is 20.3 Å². The van der Waals surface area contributed by atoms with Gasteiger partial charge in [0.15, 0.2) is 6.10 Å². The number of carbonyl (C=O) groups is 2. The van der Waals surface area contributed by atoms with Crippen molar-refractivity contribution in [2.24, 2.45) is 0 Å². The molecule has 35 heavy (non-hydrogen) atoms. The Morgan fingerprint density at radius 2 is 1.80 bits per heavy atom. The number of alkyl halides is 6. The molecule has 1 aliphatic rings. The molecule has 2 atom stereocenters. The number of nitrogens with one attached hydrogen (secondary N) is 2. The lowest BCUT2D eigenvalue weighted by Gasteiger charge is -2.27. The zero-order valence-electron chi connectivity index (χ0n) is 17.6. The average Bonchev–Trinajstić information content (AvgIpc) is 3.20. The highest BCUT2D eigenvalue weighted by Gasteiger charge is 2.52. The van der Waals surface area contributed by atoms with Crippen molar-refractivity contribution in [3.8, 4) is 6.07 Å². The van der Waals surface area contributed by atoms with Crippen molar-refractivity contribution < 1.29 is 40.7 Å². The van der Waals surface area contributed by atoms with E-state index in [2.05, 4.69) is 10.6 Å². The summed E-state index contributed by atoms with van der Waals surface area (Å²) < 4.78 is 85.6. The van der Waals surface area contributed by atoms with Crippen LogP contribution in [0.5, 0.6) is 0 Å². The first kappa shape index (κ1) is 26.1. The van der Waals surface area contributed by atoms with Gasteiger partial charge in [0, 0.05) is 18.3 Å². The monoisotopic (exact) mass is 520 g/mol. The number of hydrogen-bond donors (Lipinski definition) is 2. The third kappa shape index (κ3) is 5.95. The Hall–Kier alpha value is -3.50. The lowest BCUT2D eigenvalue weighted by molar-refractivity contribution is -0.212. The van der Waals surface area contributed by atoms with E-state index >= 15 is 0 Å². The van der Waals surface area contributed by atoms with E-state index in [4.69, 9.17) is 21.6 Å². The Kier molecular flexibility index (Phi) is 7.18. The third-order valence-corrected chi connectivity index (χ3v) is 5.13. The number of halogens is 7. The molecule has 0 bridgehead atoms. The summed E-state index contributed by atoms with van der Waals surface area (Å²) >= 11 is 6.05. The molecular formula is C21H15ClF6N4O3. The van der Waals surface area contributed by atoms with Gasteiger partial charge in [0.1, 0.15) is 0 Å². The first-order valence-electron chi connectivity index (χ1n) is 9.69. The van der Waals surface area contributed by atoms with E-state index in [1.807, 2.05) is 0 Å². The van der Waals surface area contributed by atoms with Crippen LogP contribution >= 0.6 is 11.6 Å². The number of hydrogen-bond acceptors (Lipinski definition) is 5. The van der Waals surface area contributed by atoms with Crippen LogP contribution in [0.4, 0.5) is 43.4 Å². The van der Waals surface area contributed by atoms with Crippen molar-refractivity contribution in [3.05, 3.63) is 52.5 Å². The van der Waals surface area contributed by atoms with E-state index in [1.165, 1.54) is 31.2 Å². The average molecular weight is 521 g/mol. The summed E-state index contributed by atoms with van der Waals surface area (Å²) in [4.78, 5) is 24.2. The molecule has 0 aliphatic carbocycles. The number of rotatable bonds is 4. The summed E-state index contributed by atoms with van der Waals surface area (Å²) in [6.07, 6.45) is -14.5. The standard InChI is InChI=1S/C21H15ClF6N4O3/c1-10(33)30-12-3-5-16(15(22)6-12)31-18(34)17-9-32(19(35-17)21(26,27)28)13-4-2-11(8-29)14(7-13)20(23,24)25/h2-7,17,19H,9H2,1H3,(H,30,33)(H,31,34)/t17-,19+/m0/s1. The Labute approximate surface area is 199 Å². The molecule has 2 aromatic carbocycles. The predicted molar refractivity (Wildman–Crippen MR) is 113 cm³/mol. The van der Waals surface area contributed by atoms with Crippen LogP contribution in [-0.2, 0) is 20.5 Å². The molecular weight excluding hydrogens is 506 g/mol. The van der Waals surface area contributed by atoms with Gasteiger partial charge in [0.05, 0.1) is 34.5 Å². The maximum atomic E-state index is 13.6. The van der Waals surface area contributed by atoms with Crippen LogP contribution in [-0.4, -0.2) is 36.9 Å². The number of amides is 2. The molecule has 1 heterocycles. The van der Waals surface area contributed by atoms with Gasteiger partial charge in [0.2, 0.25) is 12.1 Å². The molecule has 0 unspecified atom stereocenters. The maximum absolute atomic E-state index is 13.6. The van der Waals surface area contributed by atoms with Crippen molar-refractivity contribution in [1.29, 1.82) is 5.26 Å². The second-order valence-electron chi connectivity index (χ2n) is 7.38. The van der Waals surface area contributed by atoms with Crippen molar-refractivity contribution >= 4 is 40.5 Å². The second-order valence-corrected chi connectivity index (χ2v) is 7.78. The number of benzene rings is 2. The van der Waals surface area contributed by atoms with Crippen LogP contribution in [0.25, 0.3) is 0 Å². The molecule has 186 valence electrons. The molecule has 3 rings (SSSR count). The Bertz CT molecular complexity index is 1200. The van der Waals surface area contributed by atoms with E-state index < -0.39 is 54.0 Å². The Morgan fingerprint density at radius 3 is 2.34 bits per heavy atom. The molecule has 0 radical (unpaired) electrons. The fourth-order valence-electron chi connectivity index (χ4n) is 3.34. The zero-order chi connectivity index (χ0) is 26.1. The molecule has 1 saturated heterocycles. The molecule has 0 aromatic heterocycles. The molecule has 1 fully saturated rings. The summed E-state index contributed by atoms with van der Waals surface area (Å²) in [5, 5.41) is 13.6. The number of ether oxygens (including phenoxy) is 1. The first-order chi connectivity index (χ1) is 16.2. The Morgan fingerprint density at radius 1 is 1.11 bits per heavy atom. The number of anilines is 3. The number of nitriles is 1. The van der Waals surface area contributed by atoms with Gasteiger partial charge in [-0.2, -0.15) is 31.6 Å². The SMILES string of the molecule is CC(=O)Nc1ccc(NC(=O)[C@@H]2CN(c3ccc(C#N)c(C(F)(F)F)c3)[C@@H](C(F)(F)F)O2)c(Cl)c1. The summed E-state index contributed by atoms with van der Waals surface area (Å²) in [5.41, 5.74) is -2.41. The summed E-state index contributed by atoms with van der Waals surface area (Å²) in [7, 11) is 0. The lowest BCUT2D eigenvalue weighted by atomic mass is 10.1. The molecule has 2 amide bonds. The third-order valence-electron chi connectivity index (χ3n) is 4.82. The highest BCUT2D eigenvalue weighted by molar-refractivity contribution is 6.34. The molecule has 0 spiro atoms. The minimum atomic E-state index is -5.06.